The summed E-state index contributed by atoms with van der Waals surface area (Å²) in [5.41, 5.74) is -1.87. The van der Waals surface area contributed by atoms with Crippen molar-refractivity contribution in [2.75, 3.05) is 11.4 Å². The van der Waals surface area contributed by atoms with Gasteiger partial charge in [0.25, 0.3) is 0 Å². The van der Waals surface area contributed by atoms with E-state index in [-0.39, 0.29) is 5.76 Å². The van der Waals surface area contributed by atoms with Crippen molar-refractivity contribution in [2.45, 2.75) is 31.5 Å². The molecule has 0 bridgehead atoms. The summed E-state index contributed by atoms with van der Waals surface area (Å²) < 4.78 is 45.4. The van der Waals surface area contributed by atoms with Crippen molar-refractivity contribution >= 4 is 11.6 Å². The lowest BCUT2D eigenvalue weighted by Gasteiger charge is -2.30. The first-order valence-corrected chi connectivity index (χ1v) is 7.47. The Morgan fingerprint density at radius 3 is 2.58 bits per heavy atom. The second-order valence-electron chi connectivity index (χ2n) is 5.87. The number of fused-ring (bicyclic) bond motifs is 1. The Morgan fingerprint density at radius 1 is 1.25 bits per heavy atom. The molecule has 24 heavy (non-hydrogen) atoms. The number of alkyl halides is 3. The summed E-state index contributed by atoms with van der Waals surface area (Å²) in [6.45, 7) is 1.77. The number of carbonyl (C=O) groups is 1. The largest absolute Gasteiger partial charge is 0.463 e. The van der Waals surface area contributed by atoms with Gasteiger partial charge in [-0.15, -0.1) is 0 Å². The molecule has 2 heterocycles. The van der Waals surface area contributed by atoms with Gasteiger partial charge in [-0.3, -0.25) is 4.79 Å². The van der Waals surface area contributed by atoms with Gasteiger partial charge in [-0.25, -0.2) is 0 Å². The van der Waals surface area contributed by atoms with Gasteiger partial charge in [0.1, 0.15) is 11.5 Å². The van der Waals surface area contributed by atoms with Crippen molar-refractivity contribution in [1.29, 1.82) is 0 Å². The summed E-state index contributed by atoms with van der Waals surface area (Å²) in [5, 5.41) is 10.2. The highest BCUT2D eigenvalue weighted by Crippen LogP contribution is 2.43. The van der Waals surface area contributed by atoms with E-state index >= 15 is 0 Å². The van der Waals surface area contributed by atoms with Crippen LogP contribution in [0.5, 0.6) is 0 Å². The SMILES string of the molecule is Cc1ccc(C(O)(CC(=O)N2CCc3ccccc32)C(F)(F)F)o1. The maximum absolute atomic E-state index is 13.5. The standard InChI is InChI=1S/C17H16F3NO3/c1-11-6-7-14(24-11)16(23,17(18,19)20)10-15(22)21-9-8-12-4-2-3-5-13(12)21/h2-7,23H,8-10H2,1H3. The van der Waals surface area contributed by atoms with Crippen LogP contribution in [0.4, 0.5) is 18.9 Å². The number of nitrogens with zero attached hydrogens (tertiary/aromatic N) is 1. The van der Waals surface area contributed by atoms with Crippen LogP contribution in [-0.2, 0) is 16.8 Å². The van der Waals surface area contributed by atoms with Crippen molar-refractivity contribution in [3.8, 4) is 0 Å². The molecule has 7 heteroatoms. The minimum absolute atomic E-state index is 0.228. The number of aryl methyl sites for hydroxylation is 1. The van der Waals surface area contributed by atoms with Gasteiger partial charge >= 0.3 is 6.18 Å². The Labute approximate surface area is 136 Å². The Morgan fingerprint density at radius 2 is 1.96 bits per heavy atom. The Kier molecular flexibility index (Phi) is 3.91. The minimum atomic E-state index is -5.04. The number of furan rings is 1. The lowest BCUT2D eigenvalue weighted by atomic mass is 9.95. The number of halogens is 3. The van der Waals surface area contributed by atoms with E-state index in [0.717, 1.165) is 11.6 Å². The number of benzene rings is 1. The lowest BCUT2D eigenvalue weighted by Crippen LogP contribution is -2.46. The second kappa shape index (κ2) is 5.66. The van der Waals surface area contributed by atoms with Gasteiger partial charge in [0.15, 0.2) is 0 Å². The fraction of sp³-hybridized carbons (Fsp3) is 0.353. The van der Waals surface area contributed by atoms with Gasteiger partial charge in [-0.05, 0) is 37.1 Å². The average molecular weight is 339 g/mol. The molecule has 1 amide bonds. The quantitative estimate of drug-likeness (QED) is 0.933. The van der Waals surface area contributed by atoms with Crippen LogP contribution < -0.4 is 4.90 Å². The number of anilines is 1. The third kappa shape index (κ3) is 2.69. The fourth-order valence-electron chi connectivity index (χ4n) is 2.90. The van der Waals surface area contributed by atoms with E-state index in [1.165, 1.54) is 17.9 Å². The molecule has 0 fully saturated rings. The molecule has 0 saturated heterocycles. The maximum atomic E-state index is 13.5. The van der Waals surface area contributed by atoms with Gasteiger partial charge in [-0.2, -0.15) is 13.2 Å². The second-order valence-corrected chi connectivity index (χ2v) is 5.87. The monoisotopic (exact) mass is 339 g/mol. The highest BCUT2D eigenvalue weighted by Gasteiger charge is 2.58. The first-order chi connectivity index (χ1) is 11.2. The van der Waals surface area contributed by atoms with Crippen LogP contribution in [-0.4, -0.2) is 23.7 Å². The summed E-state index contributed by atoms with van der Waals surface area (Å²) in [5.74, 6) is -1.24. The van der Waals surface area contributed by atoms with Crippen molar-refractivity contribution in [3.05, 3.63) is 53.5 Å². The highest BCUT2D eigenvalue weighted by atomic mass is 19.4. The third-order valence-corrected chi connectivity index (χ3v) is 4.21. The molecule has 0 saturated carbocycles. The molecule has 128 valence electrons. The Balaban J connectivity index is 1.91. The molecule has 1 N–H and O–H groups in total. The van der Waals surface area contributed by atoms with Crippen LogP contribution in [0.3, 0.4) is 0 Å². The zero-order valence-electron chi connectivity index (χ0n) is 12.9. The lowest BCUT2D eigenvalue weighted by molar-refractivity contribution is -0.273. The normalized spacial score (nSPS) is 16.8. The van der Waals surface area contributed by atoms with Gasteiger partial charge in [0, 0.05) is 12.2 Å². The predicted molar refractivity (Wildman–Crippen MR) is 80.5 cm³/mol. The van der Waals surface area contributed by atoms with Crippen molar-refractivity contribution in [1.82, 2.24) is 0 Å². The van der Waals surface area contributed by atoms with E-state index in [0.29, 0.717) is 18.7 Å². The number of aliphatic hydroxyl groups is 1. The van der Waals surface area contributed by atoms with Crippen molar-refractivity contribution in [2.24, 2.45) is 0 Å². The van der Waals surface area contributed by atoms with Crippen LogP contribution in [0, 0.1) is 6.92 Å². The summed E-state index contributed by atoms with van der Waals surface area (Å²) in [6.07, 6.45) is -5.59. The molecule has 2 aromatic rings. The molecule has 1 aliphatic heterocycles. The van der Waals surface area contributed by atoms with Crippen LogP contribution in [0.2, 0.25) is 0 Å². The van der Waals surface area contributed by atoms with Crippen molar-refractivity contribution < 1.29 is 27.5 Å². The number of para-hydroxylation sites is 1. The number of rotatable bonds is 3. The number of amides is 1. The van der Waals surface area contributed by atoms with E-state index < -0.39 is 29.9 Å². The molecule has 1 aliphatic rings. The molecule has 1 unspecified atom stereocenters. The molecule has 3 rings (SSSR count). The molecule has 0 radical (unpaired) electrons. The topological polar surface area (TPSA) is 53.7 Å². The van der Waals surface area contributed by atoms with Crippen LogP contribution in [0.25, 0.3) is 0 Å². The van der Waals surface area contributed by atoms with Gasteiger partial charge in [0.2, 0.25) is 11.5 Å². The molecule has 0 aliphatic carbocycles. The van der Waals surface area contributed by atoms with E-state index in [4.69, 9.17) is 4.42 Å². The molecule has 1 aromatic carbocycles. The van der Waals surface area contributed by atoms with E-state index in [1.807, 2.05) is 12.1 Å². The Bertz CT molecular complexity index is 768. The van der Waals surface area contributed by atoms with Crippen LogP contribution in [0.1, 0.15) is 23.5 Å². The first-order valence-electron chi connectivity index (χ1n) is 7.47. The molecular formula is C17H16F3NO3. The van der Waals surface area contributed by atoms with E-state index in [1.54, 1.807) is 12.1 Å². The van der Waals surface area contributed by atoms with Gasteiger partial charge < -0.3 is 14.4 Å². The zero-order valence-corrected chi connectivity index (χ0v) is 12.9. The highest BCUT2D eigenvalue weighted by molar-refractivity contribution is 5.96. The predicted octanol–water partition coefficient (Wildman–Crippen LogP) is 3.32. The molecule has 1 aromatic heterocycles. The maximum Gasteiger partial charge on any atom is 0.425 e. The molecule has 1 atom stereocenters. The van der Waals surface area contributed by atoms with E-state index in [9.17, 15) is 23.1 Å². The molecule has 4 nitrogen and oxygen atoms in total. The van der Waals surface area contributed by atoms with Crippen LogP contribution in [0.15, 0.2) is 40.8 Å². The summed E-state index contributed by atoms with van der Waals surface area (Å²) in [4.78, 5) is 13.8. The molecule has 0 spiro atoms. The van der Waals surface area contributed by atoms with Gasteiger partial charge in [-0.1, -0.05) is 18.2 Å². The molecular weight excluding hydrogens is 323 g/mol. The zero-order chi connectivity index (χ0) is 17.5. The third-order valence-electron chi connectivity index (χ3n) is 4.21. The summed E-state index contributed by atoms with van der Waals surface area (Å²) >= 11 is 0. The fourth-order valence-corrected chi connectivity index (χ4v) is 2.90. The van der Waals surface area contributed by atoms with Crippen molar-refractivity contribution in [3.63, 3.8) is 0 Å². The number of carbonyl (C=O) groups excluding carboxylic acids is 1. The van der Waals surface area contributed by atoms with Gasteiger partial charge in [0.05, 0.1) is 6.42 Å². The van der Waals surface area contributed by atoms with Crippen LogP contribution >= 0.6 is 0 Å². The smallest absolute Gasteiger partial charge is 0.425 e. The summed E-state index contributed by atoms with van der Waals surface area (Å²) in [6, 6.07) is 9.41. The average Bonchev–Trinajstić information content (AvgIpc) is 3.12. The number of hydrogen-bond acceptors (Lipinski definition) is 3. The Hall–Kier alpha value is -2.28. The summed E-state index contributed by atoms with van der Waals surface area (Å²) in [7, 11) is 0. The van der Waals surface area contributed by atoms with E-state index in [2.05, 4.69) is 0 Å². The first kappa shape index (κ1) is 16.6. The minimum Gasteiger partial charge on any atom is -0.463 e. The number of hydrogen-bond donors (Lipinski definition) is 1.